The van der Waals surface area contributed by atoms with Gasteiger partial charge in [0.2, 0.25) is 0 Å². The van der Waals surface area contributed by atoms with Crippen molar-refractivity contribution in [1.82, 2.24) is 4.90 Å². The Bertz CT molecular complexity index is 385. The van der Waals surface area contributed by atoms with Crippen molar-refractivity contribution in [2.45, 2.75) is 26.5 Å². The first-order chi connectivity index (χ1) is 8.95. The second-order valence-corrected chi connectivity index (χ2v) is 5.00. The third-order valence-electron chi connectivity index (χ3n) is 2.90. The molecule has 0 saturated heterocycles. The molecule has 0 amide bonds. The number of rotatable bonds is 7. The van der Waals surface area contributed by atoms with E-state index in [1.165, 1.54) is 0 Å². The zero-order chi connectivity index (χ0) is 14.4. The molecule has 0 bridgehead atoms. The van der Waals surface area contributed by atoms with Crippen molar-refractivity contribution in [3.8, 4) is 5.75 Å². The molecule has 1 rings (SSSR count). The van der Waals surface area contributed by atoms with E-state index in [0.717, 1.165) is 6.54 Å². The Morgan fingerprint density at radius 3 is 2.42 bits per heavy atom. The standard InChI is InChI=1S/C14H22F2N2O/c1-10(2)9-18(3)12(8-17)11-6-4-5-7-13(11)19-14(15)16/h4-7,10,12,14H,8-9,17H2,1-3H3. The van der Waals surface area contributed by atoms with Gasteiger partial charge in [-0.2, -0.15) is 8.78 Å². The van der Waals surface area contributed by atoms with Crippen LogP contribution in [0.2, 0.25) is 0 Å². The first-order valence-corrected chi connectivity index (χ1v) is 6.39. The van der Waals surface area contributed by atoms with E-state index in [1.54, 1.807) is 24.3 Å². The Morgan fingerprint density at radius 1 is 1.26 bits per heavy atom. The van der Waals surface area contributed by atoms with E-state index in [9.17, 15) is 8.78 Å². The van der Waals surface area contributed by atoms with Crippen LogP contribution in [0.15, 0.2) is 24.3 Å². The van der Waals surface area contributed by atoms with Crippen LogP contribution < -0.4 is 10.5 Å². The lowest BCUT2D eigenvalue weighted by molar-refractivity contribution is -0.0511. The van der Waals surface area contributed by atoms with Gasteiger partial charge in [0, 0.05) is 18.7 Å². The molecule has 0 radical (unpaired) electrons. The lowest BCUT2D eigenvalue weighted by atomic mass is 10.0. The fourth-order valence-corrected chi connectivity index (χ4v) is 2.21. The smallest absolute Gasteiger partial charge is 0.387 e. The normalized spacial score (nSPS) is 13.3. The molecule has 0 aliphatic heterocycles. The van der Waals surface area contributed by atoms with E-state index < -0.39 is 6.61 Å². The molecule has 1 aromatic carbocycles. The molecule has 0 fully saturated rings. The minimum Gasteiger partial charge on any atom is -0.434 e. The van der Waals surface area contributed by atoms with Gasteiger partial charge in [0.1, 0.15) is 5.75 Å². The molecule has 1 unspecified atom stereocenters. The summed E-state index contributed by atoms with van der Waals surface area (Å²) in [6.07, 6.45) is 0. The third-order valence-corrected chi connectivity index (χ3v) is 2.90. The summed E-state index contributed by atoms with van der Waals surface area (Å²) in [6.45, 7) is 2.57. The molecule has 0 aliphatic rings. The Hall–Kier alpha value is -1.20. The first kappa shape index (κ1) is 15.9. The van der Waals surface area contributed by atoms with Gasteiger partial charge in [-0.1, -0.05) is 32.0 Å². The summed E-state index contributed by atoms with van der Waals surface area (Å²) in [7, 11) is 1.94. The highest BCUT2D eigenvalue weighted by Crippen LogP contribution is 2.29. The average molecular weight is 272 g/mol. The predicted octanol–water partition coefficient (Wildman–Crippen LogP) is 2.88. The molecule has 0 heterocycles. The van der Waals surface area contributed by atoms with E-state index in [1.807, 2.05) is 7.05 Å². The van der Waals surface area contributed by atoms with Crippen LogP contribution in [0.5, 0.6) is 5.75 Å². The summed E-state index contributed by atoms with van der Waals surface area (Å²) in [6, 6.07) is 6.69. The van der Waals surface area contributed by atoms with Gasteiger partial charge in [-0.05, 0) is 19.0 Å². The molecule has 0 aromatic heterocycles. The molecule has 1 aromatic rings. The lowest BCUT2D eigenvalue weighted by Gasteiger charge is -2.29. The highest BCUT2D eigenvalue weighted by molar-refractivity contribution is 5.36. The van der Waals surface area contributed by atoms with Crippen molar-refractivity contribution < 1.29 is 13.5 Å². The van der Waals surface area contributed by atoms with E-state index in [2.05, 4.69) is 23.5 Å². The van der Waals surface area contributed by atoms with Crippen molar-refractivity contribution in [2.24, 2.45) is 11.7 Å². The summed E-state index contributed by atoms with van der Waals surface area (Å²) in [5.74, 6) is 0.672. The van der Waals surface area contributed by atoms with Gasteiger partial charge >= 0.3 is 6.61 Å². The Labute approximate surface area is 113 Å². The highest BCUT2D eigenvalue weighted by Gasteiger charge is 2.21. The van der Waals surface area contributed by atoms with E-state index >= 15 is 0 Å². The van der Waals surface area contributed by atoms with Crippen LogP contribution in [-0.2, 0) is 0 Å². The molecular weight excluding hydrogens is 250 g/mol. The Morgan fingerprint density at radius 2 is 1.89 bits per heavy atom. The number of alkyl halides is 2. The largest absolute Gasteiger partial charge is 0.434 e. The second kappa shape index (κ2) is 7.40. The Kier molecular flexibility index (Phi) is 6.18. The van der Waals surface area contributed by atoms with Crippen molar-refractivity contribution in [3.05, 3.63) is 29.8 Å². The van der Waals surface area contributed by atoms with Gasteiger partial charge in [0.15, 0.2) is 0 Å². The van der Waals surface area contributed by atoms with E-state index in [0.29, 0.717) is 18.0 Å². The zero-order valence-corrected chi connectivity index (χ0v) is 11.6. The van der Waals surface area contributed by atoms with Gasteiger partial charge in [0.25, 0.3) is 0 Å². The van der Waals surface area contributed by atoms with Crippen molar-refractivity contribution in [2.75, 3.05) is 20.1 Å². The van der Waals surface area contributed by atoms with Crippen LogP contribution in [-0.4, -0.2) is 31.6 Å². The molecule has 5 heteroatoms. The Balaban J connectivity index is 2.97. The molecule has 0 spiro atoms. The fourth-order valence-electron chi connectivity index (χ4n) is 2.21. The number of hydrogen-bond acceptors (Lipinski definition) is 3. The average Bonchev–Trinajstić information content (AvgIpc) is 2.30. The second-order valence-electron chi connectivity index (χ2n) is 5.00. The van der Waals surface area contributed by atoms with Crippen molar-refractivity contribution in [1.29, 1.82) is 0 Å². The van der Waals surface area contributed by atoms with Crippen LogP contribution in [0.25, 0.3) is 0 Å². The van der Waals surface area contributed by atoms with Crippen LogP contribution >= 0.6 is 0 Å². The number of nitrogens with two attached hydrogens (primary N) is 1. The molecule has 1 atom stereocenters. The summed E-state index contributed by atoms with van der Waals surface area (Å²) in [4.78, 5) is 2.07. The van der Waals surface area contributed by atoms with Gasteiger partial charge in [-0.15, -0.1) is 0 Å². The molecule has 2 N–H and O–H groups in total. The number of nitrogens with zero attached hydrogens (tertiary/aromatic N) is 1. The maximum atomic E-state index is 12.4. The topological polar surface area (TPSA) is 38.5 Å². The molecular formula is C14H22F2N2O. The third kappa shape index (κ3) is 4.76. The molecule has 0 saturated carbocycles. The van der Waals surface area contributed by atoms with Crippen LogP contribution in [0.4, 0.5) is 8.78 Å². The molecule has 19 heavy (non-hydrogen) atoms. The summed E-state index contributed by atoms with van der Waals surface area (Å²) < 4.78 is 29.4. The monoisotopic (exact) mass is 272 g/mol. The van der Waals surface area contributed by atoms with Gasteiger partial charge in [-0.25, -0.2) is 0 Å². The van der Waals surface area contributed by atoms with Crippen molar-refractivity contribution >= 4 is 0 Å². The number of para-hydroxylation sites is 1. The lowest BCUT2D eigenvalue weighted by Crippen LogP contribution is -2.33. The van der Waals surface area contributed by atoms with Crippen LogP contribution in [0.1, 0.15) is 25.5 Å². The molecule has 108 valence electrons. The van der Waals surface area contributed by atoms with E-state index in [4.69, 9.17) is 5.73 Å². The van der Waals surface area contributed by atoms with Crippen LogP contribution in [0.3, 0.4) is 0 Å². The first-order valence-electron chi connectivity index (χ1n) is 6.39. The SMILES string of the molecule is CC(C)CN(C)C(CN)c1ccccc1OC(F)F. The van der Waals surface area contributed by atoms with Gasteiger partial charge in [-0.3, -0.25) is 4.90 Å². The minimum absolute atomic E-state index is 0.127. The number of halogens is 2. The maximum absolute atomic E-state index is 12.4. The summed E-state index contributed by atoms with van der Waals surface area (Å²) in [5, 5.41) is 0. The number of likely N-dealkylation sites (N-methyl/N-ethyl adjacent to an activating group) is 1. The van der Waals surface area contributed by atoms with Crippen LogP contribution in [0, 0.1) is 5.92 Å². The molecule has 3 nitrogen and oxygen atoms in total. The van der Waals surface area contributed by atoms with Crippen molar-refractivity contribution in [3.63, 3.8) is 0 Å². The summed E-state index contributed by atoms with van der Waals surface area (Å²) >= 11 is 0. The van der Waals surface area contributed by atoms with Gasteiger partial charge in [0.05, 0.1) is 6.04 Å². The predicted molar refractivity (Wildman–Crippen MR) is 72.3 cm³/mol. The number of ether oxygens (including phenoxy) is 1. The minimum atomic E-state index is -2.82. The quantitative estimate of drug-likeness (QED) is 0.829. The molecule has 0 aliphatic carbocycles. The highest BCUT2D eigenvalue weighted by atomic mass is 19.3. The number of hydrogen-bond donors (Lipinski definition) is 1. The van der Waals surface area contributed by atoms with Gasteiger partial charge < -0.3 is 10.5 Å². The fraction of sp³-hybridized carbons (Fsp3) is 0.571. The zero-order valence-electron chi connectivity index (χ0n) is 11.6. The van der Waals surface area contributed by atoms with E-state index in [-0.39, 0.29) is 11.8 Å². The maximum Gasteiger partial charge on any atom is 0.387 e. The summed E-state index contributed by atoms with van der Waals surface area (Å²) in [5.41, 5.74) is 6.50. The number of benzene rings is 1.